The van der Waals surface area contributed by atoms with Crippen LogP contribution in [0.3, 0.4) is 0 Å². The number of benzene rings is 1. The minimum atomic E-state index is -0.460. The summed E-state index contributed by atoms with van der Waals surface area (Å²) in [5, 5.41) is 13.3. The summed E-state index contributed by atoms with van der Waals surface area (Å²) in [5.41, 5.74) is 1.26. The van der Waals surface area contributed by atoms with E-state index in [2.05, 4.69) is 24.6 Å². The van der Waals surface area contributed by atoms with Crippen molar-refractivity contribution in [1.29, 1.82) is 0 Å². The molecule has 4 heteroatoms. The lowest BCUT2D eigenvalue weighted by Gasteiger charge is -2.16. The van der Waals surface area contributed by atoms with Crippen molar-refractivity contribution in [2.75, 3.05) is 26.0 Å². The molecule has 1 saturated carbocycles. The second-order valence-corrected chi connectivity index (χ2v) is 6.76. The fourth-order valence-electron chi connectivity index (χ4n) is 2.17. The minimum absolute atomic E-state index is 0.340. The molecule has 0 aliphatic heterocycles. The van der Waals surface area contributed by atoms with E-state index in [0.717, 1.165) is 18.7 Å². The molecule has 112 valence electrons. The monoisotopic (exact) mass is 295 g/mol. The normalized spacial score (nSPS) is 17.8. The Bertz CT molecular complexity index is 421. The Morgan fingerprint density at radius 1 is 1.45 bits per heavy atom. The van der Waals surface area contributed by atoms with Crippen LogP contribution in [0.25, 0.3) is 0 Å². The molecular formula is C16H25NO2S. The van der Waals surface area contributed by atoms with Crippen molar-refractivity contribution >= 4 is 11.8 Å². The number of thioether (sulfide) groups is 1. The van der Waals surface area contributed by atoms with Crippen LogP contribution in [-0.4, -0.2) is 41.9 Å². The largest absolute Gasteiger partial charge is 0.491 e. The first-order valence-corrected chi connectivity index (χ1v) is 8.55. The van der Waals surface area contributed by atoms with E-state index >= 15 is 0 Å². The maximum absolute atomic E-state index is 9.93. The van der Waals surface area contributed by atoms with E-state index in [4.69, 9.17) is 4.74 Å². The first-order valence-electron chi connectivity index (χ1n) is 7.33. The highest BCUT2D eigenvalue weighted by Crippen LogP contribution is 2.46. The molecule has 0 radical (unpaired) electrons. The van der Waals surface area contributed by atoms with Crippen molar-refractivity contribution in [3.63, 3.8) is 0 Å². The van der Waals surface area contributed by atoms with Crippen LogP contribution >= 0.6 is 11.8 Å². The first-order chi connectivity index (χ1) is 9.67. The van der Waals surface area contributed by atoms with Crippen molar-refractivity contribution in [2.45, 2.75) is 37.0 Å². The number of aliphatic hydroxyl groups excluding tert-OH is 1. The van der Waals surface area contributed by atoms with Gasteiger partial charge in [-0.05, 0) is 43.2 Å². The zero-order valence-electron chi connectivity index (χ0n) is 12.4. The van der Waals surface area contributed by atoms with Crippen LogP contribution in [0.4, 0.5) is 0 Å². The molecule has 2 rings (SSSR count). The molecule has 1 atom stereocenters. The molecule has 1 aromatic rings. The van der Waals surface area contributed by atoms with Gasteiger partial charge in [-0.2, -0.15) is 11.8 Å². The highest BCUT2D eigenvalue weighted by Gasteiger charge is 2.41. The van der Waals surface area contributed by atoms with Gasteiger partial charge >= 0.3 is 0 Å². The molecule has 1 unspecified atom stereocenters. The second-order valence-electron chi connectivity index (χ2n) is 5.48. The van der Waals surface area contributed by atoms with E-state index in [1.807, 2.05) is 30.0 Å². The average molecular weight is 295 g/mol. The predicted octanol–water partition coefficient (Wildman–Crippen LogP) is 2.47. The summed E-state index contributed by atoms with van der Waals surface area (Å²) in [6, 6.07) is 8.05. The number of hydrogen-bond donors (Lipinski definition) is 2. The van der Waals surface area contributed by atoms with Gasteiger partial charge in [-0.1, -0.05) is 19.1 Å². The Labute approximate surface area is 126 Å². The second kappa shape index (κ2) is 7.34. The minimum Gasteiger partial charge on any atom is -0.491 e. The van der Waals surface area contributed by atoms with Crippen LogP contribution in [0.5, 0.6) is 5.75 Å². The van der Waals surface area contributed by atoms with E-state index in [1.165, 1.54) is 18.4 Å². The Balaban J connectivity index is 1.65. The van der Waals surface area contributed by atoms with Crippen molar-refractivity contribution in [2.24, 2.45) is 0 Å². The van der Waals surface area contributed by atoms with Gasteiger partial charge in [0, 0.05) is 17.8 Å². The maximum Gasteiger partial charge on any atom is 0.119 e. The molecule has 2 N–H and O–H groups in total. The van der Waals surface area contributed by atoms with Gasteiger partial charge in [0.1, 0.15) is 18.5 Å². The van der Waals surface area contributed by atoms with Gasteiger partial charge in [0.25, 0.3) is 0 Å². The lowest BCUT2D eigenvalue weighted by atomic mass is 10.2. The van der Waals surface area contributed by atoms with Crippen LogP contribution in [0.15, 0.2) is 24.3 Å². The lowest BCUT2D eigenvalue weighted by Crippen LogP contribution is -2.35. The topological polar surface area (TPSA) is 41.5 Å². The molecule has 0 heterocycles. The van der Waals surface area contributed by atoms with Crippen molar-refractivity contribution < 1.29 is 9.84 Å². The Hall–Kier alpha value is -0.710. The van der Waals surface area contributed by atoms with Gasteiger partial charge in [-0.15, -0.1) is 0 Å². The van der Waals surface area contributed by atoms with Crippen LogP contribution < -0.4 is 10.1 Å². The highest BCUT2D eigenvalue weighted by molar-refractivity contribution is 8.00. The van der Waals surface area contributed by atoms with Crippen molar-refractivity contribution in [3.8, 4) is 5.75 Å². The number of aryl methyl sites for hydroxylation is 1. The van der Waals surface area contributed by atoms with Crippen molar-refractivity contribution in [3.05, 3.63) is 29.8 Å². The van der Waals surface area contributed by atoms with Gasteiger partial charge in [-0.25, -0.2) is 0 Å². The molecular weight excluding hydrogens is 270 g/mol. The molecule has 0 aromatic heterocycles. The SMILES string of the molecule is CCc1cccc(OCC(O)CNCC2(SC)CC2)c1. The molecule has 1 aliphatic carbocycles. The smallest absolute Gasteiger partial charge is 0.119 e. The van der Waals surface area contributed by atoms with E-state index in [0.29, 0.717) is 17.9 Å². The zero-order chi connectivity index (χ0) is 14.4. The predicted molar refractivity (Wildman–Crippen MR) is 85.7 cm³/mol. The number of aliphatic hydroxyl groups is 1. The quantitative estimate of drug-likeness (QED) is 0.734. The third-order valence-corrected chi connectivity index (χ3v) is 5.24. The third-order valence-electron chi connectivity index (χ3n) is 3.82. The summed E-state index contributed by atoms with van der Waals surface area (Å²) in [4.78, 5) is 0. The fourth-order valence-corrected chi connectivity index (χ4v) is 2.92. The third kappa shape index (κ3) is 4.69. The lowest BCUT2D eigenvalue weighted by molar-refractivity contribution is 0.106. The van der Waals surface area contributed by atoms with Gasteiger partial charge in [-0.3, -0.25) is 0 Å². The van der Waals surface area contributed by atoms with E-state index in [1.54, 1.807) is 0 Å². The first kappa shape index (κ1) is 15.7. The molecule has 3 nitrogen and oxygen atoms in total. The summed E-state index contributed by atoms with van der Waals surface area (Å²) in [5.74, 6) is 0.839. The average Bonchev–Trinajstić information content (AvgIpc) is 3.26. The molecule has 0 spiro atoms. The molecule has 1 aromatic carbocycles. The van der Waals surface area contributed by atoms with Crippen LogP contribution in [-0.2, 0) is 6.42 Å². The summed E-state index contributed by atoms with van der Waals surface area (Å²) >= 11 is 1.93. The molecule has 0 bridgehead atoms. The maximum atomic E-state index is 9.93. The standard InChI is InChI=1S/C16H25NO2S/c1-3-13-5-4-6-15(9-13)19-11-14(18)10-17-12-16(20-2)7-8-16/h4-6,9,14,17-18H,3,7-8,10-12H2,1-2H3. The Morgan fingerprint density at radius 2 is 2.25 bits per heavy atom. The fraction of sp³-hybridized carbons (Fsp3) is 0.625. The molecule has 1 aliphatic rings. The summed E-state index contributed by atoms with van der Waals surface area (Å²) < 4.78 is 6.08. The molecule has 1 fully saturated rings. The Kier molecular flexibility index (Phi) is 5.75. The van der Waals surface area contributed by atoms with E-state index < -0.39 is 6.10 Å². The number of hydrogen-bond acceptors (Lipinski definition) is 4. The number of nitrogens with one attached hydrogen (secondary N) is 1. The van der Waals surface area contributed by atoms with Crippen LogP contribution in [0, 0.1) is 0 Å². The Morgan fingerprint density at radius 3 is 2.90 bits per heavy atom. The van der Waals surface area contributed by atoms with Gasteiger partial charge < -0.3 is 15.2 Å². The van der Waals surface area contributed by atoms with E-state index in [-0.39, 0.29) is 0 Å². The highest BCUT2D eigenvalue weighted by atomic mass is 32.2. The van der Waals surface area contributed by atoms with Gasteiger partial charge in [0.15, 0.2) is 0 Å². The molecule has 0 amide bonds. The van der Waals surface area contributed by atoms with Gasteiger partial charge in [0.2, 0.25) is 0 Å². The summed E-state index contributed by atoms with van der Waals surface area (Å²) in [6.07, 6.45) is 5.28. The van der Waals surface area contributed by atoms with Crippen LogP contribution in [0.1, 0.15) is 25.3 Å². The van der Waals surface area contributed by atoms with E-state index in [9.17, 15) is 5.11 Å². The zero-order valence-corrected chi connectivity index (χ0v) is 13.2. The summed E-state index contributed by atoms with van der Waals surface area (Å²) in [7, 11) is 0. The molecule has 20 heavy (non-hydrogen) atoms. The molecule has 0 saturated heterocycles. The van der Waals surface area contributed by atoms with Crippen molar-refractivity contribution in [1.82, 2.24) is 5.32 Å². The number of rotatable bonds is 9. The van der Waals surface area contributed by atoms with Crippen LogP contribution in [0.2, 0.25) is 0 Å². The van der Waals surface area contributed by atoms with Gasteiger partial charge in [0.05, 0.1) is 0 Å². The summed E-state index contributed by atoms with van der Waals surface area (Å²) in [6.45, 7) is 4.04. The number of ether oxygens (including phenoxy) is 1.